The lowest BCUT2D eigenvalue weighted by Crippen LogP contribution is -2.27. The number of hydrogen-bond donors (Lipinski definition) is 1. The Kier molecular flexibility index (Phi) is 5.22. The van der Waals surface area contributed by atoms with E-state index in [1.54, 1.807) is 18.2 Å². The van der Waals surface area contributed by atoms with Crippen LogP contribution in [0.15, 0.2) is 47.4 Å². The lowest BCUT2D eigenvalue weighted by atomic mass is 10.1. The largest absolute Gasteiger partial charge is 0.322 e. The summed E-state index contributed by atoms with van der Waals surface area (Å²) in [7, 11) is -3.97. The fourth-order valence-corrected chi connectivity index (χ4v) is 4.84. The molecule has 150 valence electrons. The number of anilines is 2. The summed E-state index contributed by atoms with van der Waals surface area (Å²) in [6.45, 7) is 0.362. The second kappa shape index (κ2) is 7.19. The second-order valence-corrected chi connectivity index (χ2v) is 10.8. The molecule has 0 spiro atoms. The van der Waals surface area contributed by atoms with Crippen LogP contribution in [0.25, 0.3) is 0 Å². The van der Waals surface area contributed by atoms with E-state index in [1.807, 2.05) is 0 Å². The SMILES string of the molecule is CN(C)S(=O)(=O)c1ccc(NC(=O)c2ccc3c(c2)CCN3S(C)(=O)=O)cc1. The molecule has 1 aliphatic rings. The average Bonchev–Trinajstić information content (AvgIpc) is 3.05. The molecule has 0 radical (unpaired) electrons. The summed E-state index contributed by atoms with van der Waals surface area (Å²) >= 11 is 0. The topological polar surface area (TPSA) is 104 Å². The van der Waals surface area contributed by atoms with Gasteiger partial charge in [-0.15, -0.1) is 0 Å². The van der Waals surface area contributed by atoms with Gasteiger partial charge in [-0.05, 0) is 54.4 Å². The second-order valence-electron chi connectivity index (χ2n) is 6.69. The molecule has 2 aromatic rings. The molecule has 0 saturated heterocycles. The Bertz CT molecular complexity index is 1120. The fourth-order valence-electron chi connectivity index (χ4n) is 2.98. The summed E-state index contributed by atoms with van der Waals surface area (Å²) in [5.41, 5.74) is 2.25. The van der Waals surface area contributed by atoms with Gasteiger partial charge in [0.1, 0.15) is 0 Å². The van der Waals surface area contributed by atoms with Gasteiger partial charge in [0.05, 0.1) is 16.8 Å². The molecule has 0 fully saturated rings. The van der Waals surface area contributed by atoms with Crippen LogP contribution in [0.4, 0.5) is 11.4 Å². The van der Waals surface area contributed by atoms with Gasteiger partial charge in [-0.1, -0.05) is 0 Å². The molecular formula is C18H21N3O5S2. The van der Waals surface area contributed by atoms with Gasteiger partial charge in [0.2, 0.25) is 20.0 Å². The van der Waals surface area contributed by atoms with E-state index in [-0.39, 0.29) is 10.8 Å². The highest BCUT2D eigenvalue weighted by molar-refractivity contribution is 7.92. The van der Waals surface area contributed by atoms with Crippen LogP contribution in [0.2, 0.25) is 0 Å². The van der Waals surface area contributed by atoms with Crippen molar-refractivity contribution in [1.29, 1.82) is 0 Å². The number of carbonyl (C=O) groups is 1. The van der Waals surface area contributed by atoms with Gasteiger partial charge in [-0.25, -0.2) is 21.1 Å². The van der Waals surface area contributed by atoms with Crippen LogP contribution in [-0.2, 0) is 26.5 Å². The van der Waals surface area contributed by atoms with Gasteiger partial charge in [-0.3, -0.25) is 9.10 Å². The Morgan fingerprint density at radius 2 is 1.68 bits per heavy atom. The van der Waals surface area contributed by atoms with E-state index in [1.165, 1.54) is 42.7 Å². The van der Waals surface area contributed by atoms with Crippen LogP contribution in [0.1, 0.15) is 15.9 Å². The zero-order valence-electron chi connectivity index (χ0n) is 15.7. The van der Waals surface area contributed by atoms with Crippen molar-refractivity contribution < 1.29 is 21.6 Å². The first-order chi connectivity index (χ1) is 13.0. The number of hydrogen-bond acceptors (Lipinski definition) is 5. The lowest BCUT2D eigenvalue weighted by Gasteiger charge is -2.16. The molecule has 1 heterocycles. The molecule has 0 aliphatic carbocycles. The first-order valence-corrected chi connectivity index (χ1v) is 11.7. The number of nitrogens with zero attached hydrogens (tertiary/aromatic N) is 2. The first kappa shape index (κ1) is 20.3. The molecule has 1 aliphatic heterocycles. The standard InChI is InChI=1S/C18H21N3O5S2/c1-20(2)28(25,26)16-7-5-15(6-8-16)19-18(22)14-4-9-17-13(12-14)10-11-21(17)27(3,23)24/h4-9,12H,10-11H2,1-3H3,(H,19,22). The number of benzene rings is 2. The van der Waals surface area contributed by atoms with Gasteiger partial charge in [0.25, 0.3) is 5.91 Å². The molecule has 0 bridgehead atoms. The molecule has 10 heteroatoms. The molecule has 0 aromatic heterocycles. The molecule has 0 saturated carbocycles. The summed E-state index contributed by atoms with van der Waals surface area (Å²) in [5.74, 6) is -0.358. The minimum atomic E-state index is -3.53. The van der Waals surface area contributed by atoms with E-state index in [0.717, 1.165) is 16.1 Å². The van der Waals surface area contributed by atoms with Gasteiger partial charge in [0, 0.05) is 31.9 Å². The molecule has 8 nitrogen and oxygen atoms in total. The highest BCUT2D eigenvalue weighted by Gasteiger charge is 2.26. The van der Waals surface area contributed by atoms with E-state index in [2.05, 4.69) is 5.32 Å². The van der Waals surface area contributed by atoms with Crippen LogP contribution < -0.4 is 9.62 Å². The quantitative estimate of drug-likeness (QED) is 0.785. The van der Waals surface area contributed by atoms with Crippen molar-refractivity contribution >= 4 is 37.3 Å². The highest BCUT2D eigenvalue weighted by Crippen LogP contribution is 2.31. The molecule has 3 rings (SSSR count). The van der Waals surface area contributed by atoms with E-state index in [9.17, 15) is 21.6 Å². The molecular weight excluding hydrogens is 402 g/mol. The Hall–Kier alpha value is -2.43. The van der Waals surface area contributed by atoms with Crippen molar-refractivity contribution in [3.63, 3.8) is 0 Å². The number of nitrogens with one attached hydrogen (secondary N) is 1. The third-order valence-electron chi connectivity index (χ3n) is 4.49. The van der Waals surface area contributed by atoms with Crippen molar-refractivity contribution in [2.24, 2.45) is 0 Å². The minimum Gasteiger partial charge on any atom is -0.322 e. The van der Waals surface area contributed by atoms with Crippen molar-refractivity contribution in [2.75, 3.05) is 36.5 Å². The van der Waals surface area contributed by atoms with E-state index >= 15 is 0 Å². The summed E-state index contributed by atoms with van der Waals surface area (Å²) in [4.78, 5) is 12.6. The minimum absolute atomic E-state index is 0.133. The third kappa shape index (κ3) is 3.89. The average molecular weight is 424 g/mol. The molecule has 1 N–H and O–H groups in total. The molecule has 0 atom stereocenters. The molecule has 0 unspecified atom stereocenters. The summed E-state index contributed by atoms with van der Waals surface area (Å²) in [6.07, 6.45) is 1.70. The zero-order chi connectivity index (χ0) is 20.7. The van der Waals surface area contributed by atoms with Crippen molar-refractivity contribution in [3.05, 3.63) is 53.6 Å². The third-order valence-corrected chi connectivity index (χ3v) is 7.49. The van der Waals surface area contributed by atoms with Crippen LogP contribution >= 0.6 is 0 Å². The normalized spacial score (nSPS) is 14.2. The Morgan fingerprint density at radius 3 is 2.25 bits per heavy atom. The predicted octanol–water partition coefficient (Wildman–Crippen LogP) is 1.51. The maximum Gasteiger partial charge on any atom is 0.255 e. The van der Waals surface area contributed by atoms with Crippen LogP contribution in [0.3, 0.4) is 0 Å². The van der Waals surface area contributed by atoms with E-state index in [0.29, 0.717) is 29.9 Å². The number of amides is 1. The number of carbonyl (C=O) groups excluding carboxylic acids is 1. The lowest BCUT2D eigenvalue weighted by molar-refractivity contribution is 0.102. The predicted molar refractivity (Wildman–Crippen MR) is 108 cm³/mol. The Morgan fingerprint density at radius 1 is 1.04 bits per heavy atom. The van der Waals surface area contributed by atoms with Gasteiger partial charge < -0.3 is 5.32 Å². The monoisotopic (exact) mass is 423 g/mol. The Balaban J connectivity index is 1.78. The van der Waals surface area contributed by atoms with Crippen LogP contribution in [0, 0.1) is 0 Å². The zero-order valence-corrected chi connectivity index (χ0v) is 17.3. The van der Waals surface area contributed by atoms with Crippen molar-refractivity contribution in [1.82, 2.24) is 4.31 Å². The highest BCUT2D eigenvalue weighted by atomic mass is 32.2. The van der Waals surface area contributed by atoms with Crippen LogP contribution in [0.5, 0.6) is 0 Å². The van der Waals surface area contributed by atoms with Gasteiger partial charge in [0.15, 0.2) is 0 Å². The maximum absolute atomic E-state index is 12.5. The number of rotatable bonds is 5. The Labute approximate surface area is 164 Å². The molecule has 28 heavy (non-hydrogen) atoms. The van der Waals surface area contributed by atoms with Crippen molar-refractivity contribution in [3.8, 4) is 0 Å². The van der Waals surface area contributed by atoms with Gasteiger partial charge in [-0.2, -0.15) is 0 Å². The first-order valence-electron chi connectivity index (χ1n) is 8.45. The maximum atomic E-state index is 12.5. The summed E-state index contributed by atoms with van der Waals surface area (Å²) in [6, 6.07) is 10.8. The number of fused-ring (bicyclic) bond motifs is 1. The fraction of sp³-hybridized carbons (Fsp3) is 0.278. The summed E-state index contributed by atoms with van der Waals surface area (Å²) < 4.78 is 50.2. The molecule has 1 amide bonds. The molecule has 2 aromatic carbocycles. The van der Waals surface area contributed by atoms with E-state index in [4.69, 9.17) is 0 Å². The van der Waals surface area contributed by atoms with Crippen LogP contribution in [-0.4, -0.2) is 53.9 Å². The van der Waals surface area contributed by atoms with E-state index < -0.39 is 20.0 Å². The van der Waals surface area contributed by atoms with Gasteiger partial charge >= 0.3 is 0 Å². The number of sulfonamides is 2. The summed E-state index contributed by atoms with van der Waals surface area (Å²) in [5, 5.41) is 2.72. The van der Waals surface area contributed by atoms with Crippen molar-refractivity contribution in [2.45, 2.75) is 11.3 Å². The smallest absolute Gasteiger partial charge is 0.255 e.